The molecule has 2 saturated heterocycles. The molecule has 132 valence electrons. The van der Waals surface area contributed by atoms with Crippen LogP contribution in [0.2, 0.25) is 0 Å². The molecule has 0 aromatic carbocycles. The Hall–Kier alpha value is -0.810. The van der Waals surface area contributed by atoms with Gasteiger partial charge in [-0.15, -0.1) is 12.4 Å². The first-order valence-electron chi connectivity index (χ1n) is 8.56. The van der Waals surface area contributed by atoms with Crippen molar-refractivity contribution in [1.29, 1.82) is 0 Å². The summed E-state index contributed by atoms with van der Waals surface area (Å²) >= 11 is 0. The van der Waals surface area contributed by atoms with Gasteiger partial charge >= 0.3 is 0 Å². The Morgan fingerprint density at radius 3 is 2.39 bits per heavy atom. The van der Waals surface area contributed by atoms with Crippen LogP contribution in [-0.4, -0.2) is 60.4 Å². The SMILES string of the molecule is CC1(C)C(C(=O)N2CCCC(N3CCNCC3=O)C2)C1(C)C.Cl. The molecule has 1 unspecified atom stereocenters. The van der Waals surface area contributed by atoms with E-state index in [-0.39, 0.29) is 41.1 Å². The van der Waals surface area contributed by atoms with Crippen molar-refractivity contribution in [3.63, 3.8) is 0 Å². The van der Waals surface area contributed by atoms with Gasteiger partial charge in [0.15, 0.2) is 0 Å². The summed E-state index contributed by atoms with van der Waals surface area (Å²) in [6.45, 7) is 12.4. The summed E-state index contributed by atoms with van der Waals surface area (Å²) in [6, 6.07) is 0.206. The van der Waals surface area contributed by atoms with Crippen molar-refractivity contribution in [2.45, 2.75) is 46.6 Å². The van der Waals surface area contributed by atoms with Crippen molar-refractivity contribution >= 4 is 24.2 Å². The molecule has 1 saturated carbocycles. The number of nitrogens with one attached hydrogen (secondary N) is 1. The average molecular weight is 344 g/mol. The molecular formula is C17H30ClN3O2. The van der Waals surface area contributed by atoms with Crippen LogP contribution < -0.4 is 5.32 Å². The molecule has 23 heavy (non-hydrogen) atoms. The molecule has 3 rings (SSSR count). The first-order chi connectivity index (χ1) is 10.3. The molecule has 2 aliphatic heterocycles. The van der Waals surface area contributed by atoms with E-state index in [4.69, 9.17) is 0 Å². The molecule has 1 atom stereocenters. The highest BCUT2D eigenvalue weighted by atomic mass is 35.5. The lowest BCUT2D eigenvalue weighted by atomic mass is 10.0. The van der Waals surface area contributed by atoms with Gasteiger partial charge in [0, 0.05) is 38.1 Å². The van der Waals surface area contributed by atoms with Crippen molar-refractivity contribution in [3.05, 3.63) is 0 Å². The summed E-state index contributed by atoms with van der Waals surface area (Å²) in [5, 5.41) is 3.12. The van der Waals surface area contributed by atoms with E-state index in [0.717, 1.165) is 32.5 Å². The molecule has 1 N–H and O–H groups in total. The first kappa shape index (κ1) is 18.5. The number of piperidine rings is 1. The van der Waals surface area contributed by atoms with Crippen LogP contribution in [0.25, 0.3) is 0 Å². The molecule has 0 radical (unpaired) electrons. The fraction of sp³-hybridized carbons (Fsp3) is 0.882. The zero-order chi connectivity index (χ0) is 16.1. The zero-order valence-electron chi connectivity index (χ0n) is 14.7. The Kier molecular flexibility index (Phi) is 5.03. The molecule has 6 heteroatoms. The van der Waals surface area contributed by atoms with Gasteiger partial charge in [0.05, 0.1) is 6.54 Å². The molecule has 1 aliphatic carbocycles. The third kappa shape index (κ3) is 2.98. The van der Waals surface area contributed by atoms with Crippen LogP contribution in [0, 0.1) is 16.7 Å². The topological polar surface area (TPSA) is 52.7 Å². The summed E-state index contributed by atoms with van der Waals surface area (Å²) in [5.74, 6) is 0.595. The van der Waals surface area contributed by atoms with Gasteiger partial charge in [0.2, 0.25) is 11.8 Å². The third-order valence-corrected chi connectivity index (χ3v) is 6.54. The number of rotatable bonds is 2. The van der Waals surface area contributed by atoms with E-state index in [1.807, 2.05) is 9.80 Å². The van der Waals surface area contributed by atoms with E-state index in [1.54, 1.807) is 0 Å². The maximum Gasteiger partial charge on any atom is 0.236 e. The quantitative estimate of drug-likeness (QED) is 0.827. The van der Waals surface area contributed by atoms with Crippen LogP contribution in [0.3, 0.4) is 0 Å². The number of piperazine rings is 1. The minimum absolute atomic E-state index is 0. The van der Waals surface area contributed by atoms with E-state index in [2.05, 4.69) is 33.0 Å². The van der Waals surface area contributed by atoms with Crippen molar-refractivity contribution in [2.75, 3.05) is 32.7 Å². The standard InChI is InChI=1S/C17H29N3O2.ClH/c1-16(2)14(17(16,3)4)15(22)19-8-5-6-12(11-19)20-9-7-18-10-13(20)21;/h12,14,18H,5-11H2,1-4H3;1H. The molecule has 2 amide bonds. The molecule has 0 aromatic heterocycles. The Labute approximate surface area is 145 Å². The normalized spacial score (nSPS) is 29.9. The summed E-state index contributed by atoms with van der Waals surface area (Å²) in [6.07, 6.45) is 2.02. The predicted octanol–water partition coefficient (Wildman–Crippen LogP) is 1.51. The van der Waals surface area contributed by atoms with Gasteiger partial charge in [-0.05, 0) is 23.7 Å². The van der Waals surface area contributed by atoms with Gasteiger partial charge < -0.3 is 15.1 Å². The van der Waals surface area contributed by atoms with Gasteiger partial charge in [0.1, 0.15) is 0 Å². The van der Waals surface area contributed by atoms with E-state index >= 15 is 0 Å². The van der Waals surface area contributed by atoms with Crippen LogP contribution in [0.4, 0.5) is 0 Å². The van der Waals surface area contributed by atoms with Gasteiger partial charge in [-0.25, -0.2) is 0 Å². The minimum atomic E-state index is 0. The molecule has 3 fully saturated rings. The highest BCUT2D eigenvalue weighted by Gasteiger charge is 2.68. The van der Waals surface area contributed by atoms with Gasteiger partial charge in [-0.3, -0.25) is 9.59 Å². The Balaban J connectivity index is 0.00000192. The number of hydrogen-bond acceptors (Lipinski definition) is 3. The van der Waals surface area contributed by atoms with Crippen LogP contribution in [0.1, 0.15) is 40.5 Å². The highest BCUT2D eigenvalue weighted by Crippen LogP contribution is 2.68. The van der Waals surface area contributed by atoms with Crippen molar-refractivity contribution in [3.8, 4) is 0 Å². The fourth-order valence-corrected chi connectivity index (χ4v) is 4.41. The molecule has 0 aromatic rings. The largest absolute Gasteiger partial charge is 0.340 e. The lowest BCUT2D eigenvalue weighted by Gasteiger charge is -2.41. The number of carbonyl (C=O) groups excluding carboxylic acids is 2. The lowest BCUT2D eigenvalue weighted by molar-refractivity contribution is -0.141. The number of halogens is 1. The second kappa shape index (κ2) is 6.25. The maximum atomic E-state index is 12.9. The highest BCUT2D eigenvalue weighted by molar-refractivity contribution is 5.85. The van der Waals surface area contributed by atoms with Crippen LogP contribution >= 0.6 is 12.4 Å². The fourth-order valence-electron chi connectivity index (χ4n) is 4.41. The predicted molar refractivity (Wildman–Crippen MR) is 92.5 cm³/mol. The number of nitrogens with zero attached hydrogens (tertiary/aromatic N) is 2. The van der Waals surface area contributed by atoms with Crippen LogP contribution in [0.15, 0.2) is 0 Å². The molecule has 5 nitrogen and oxygen atoms in total. The smallest absolute Gasteiger partial charge is 0.236 e. The Morgan fingerprint density at radius 2 is 1.83 bits per heavy atom. The Bertz CT molecular complexity index is 478. The Morgan fingerprint density at radius 1 is 1.17 bits per heavy atom. The summed E-state index contributed by atoms with van der Waals surface area (Å²) < 4.78 is 0. The zero-order valence-corrected chi connectivity index (χ0v) is 15.5. The minimum Gasteiger partial charge on any atom is -0.340 e. The van der Waals surface area contributed by atoms with Gasteiger partial charge in [-0.2, -0.15) is 0 Å². The number of hydrogen-bond donors (Lipinski definition) is 1. The van der Waals surface area contributed by atoms with Crippen LogP contribution in [-0.2, 0) is 9.59 Å². The van der Waals surface area contributed by atoms with Crippen LogP contribution in [0.5, 0.6) is 0 Å². The molecular weight excluding hydrogens is 314 g/mol. The maximum absolute atomic E-state index is 12.9. The summed E-state index contributed by atoms with van der Waals surface area (Å²) in [4.78, 5) is 29.0. The first-order valence-corrected chi connectivity index (χ1v) is 8.56. The van der Waals surface area contributed by atoms with Crippen molar-refractivity contribution in [1.82, 2.24) is 15.1 Å². The van der Waals surface area contributed by atoms with Gasteiger partial charge in [-0.1, -0.05) is 27.7 Å². The second-order valence-electron chi connectivity index (χ2n) is 8.22. The summed E-state index contributed by atoms with van der Waals surface area (Å²) in [5.41, 5.74) is 0.170. The number of likely N-dealkylation sites (tertiary alicyclic amines) is 1. The number of carbonyl (C=O) groups is 2. The van der Waals surface area contributed by atoms with E-state index in [1.165, 1.54) is 0 Å². The summed E-state index contributed by atoms with van der Waals surface area (Å²) in [7, 11) is 0. The molecule has 0 bridgehead atoms. The van der Waals surface area contributed by atoms with E-state index in [0.29, 0.717) is 19.0 Å². The monoisotopic (exact) mass is 343 g/mol. The third-order valence-electron chi connectivity index (χ3n) is 6.54. The molecule has 0 spiro atoms. The van der Waals surface area contributed by atoms with E-state index in [9.17, 15) is 9.59 Å². The van der Waals surface area contributed by atoms with Crippen molar-refractivity contribution < 1.29 is 9.59 Å². The van der Waals surface area contributed by atoms with E-state index < -0.39 is 0 Å². The molecule has 3 aliphatic rings. The van der Waals surface area contributed by atoms with Crippen molar-refractivity contribution in [2.24, 2.45) is 16.7 Å². The van der Waals surface area contributed by atoms with Gasteiger partial charge in [0.25, 0.3) is 0 Å². The second-order valence-corrected chi connectivity index (χ2v) is 8.22. The molecule has 2 heterocycles. The number of amides is 2. The lowest BCUT2D eigenvalue weighted by Crippen LogP contribution is -2.57. The average Bonchev–Trinajstić information content (AvgIpc) is 2.88.